The van der Waals surface area contributed by atoms with Gasteiger partial charge in [-0.3, -0.25) is 4.99 Å². The molecule has 0 amide bonds. The van der Waals surface area contributed by atoms with E-state index in [0.717, 1.165) is 5.56 Å². The maximum Gasteiger partial charge on any atom is 0.159 e. The number of aromatic hydroxyl groups is 2. The number of nitrogens with zero attached hydrogens (tertiary/aromatic N) is 1. The average Bonchev–Trinajstić information content (AvgIpc) is 2.43. The molecule has 2 N–H and O–H groups in total. The number of hydrogen-bond acceptors (Lipinski definition) is 3. The molecule has 0 saturated carbocycles. The maximum absolute atomic E-state index is 10.1. The summed E-state index contributed by atoms with van der Waals surface area (Å²) >= 11 is 15.3. The summed E-state index contributed by atoms with van der Waals surface area (Å²) in [7, 11) is 0. The van der Waals surface area contributed by atoms with Crippen molar-refractivity contribution in [3.05, 3.63) is 49.9 Å². The number of aliphatic imine (C=N–C) groups is 1. The van der Waals surface area contributed by atoms with Gasteiger partial charge in [-0.25, -0.2) is 0 Å². The first-order valence-electron chi connectivity index (χ1n) is 6.84. The third-order valence-corrected chi connectivity index (χ3v) is 4.34. The highest BCUT2D eigenvalue weighted by Gasteiger charge is 2.18. The van der Waals surface area contributed by atoms with Gasteiger partial charge >= 0.3 is 0 Å². The van der Waals surface area contributed by atoms with Crippen molar-refractivity contribution in [2.24, 2.45) is 4.99 Å². The van der Waals surface area contributed by atoms with E-state index in [1.54, 1.807) is 24.3 Å². The number of phenols is 2. The fourth-order valence-corrected chi connectivity index (χ4v) is 2.99. The Bertz CT molecular complexity index is 783. The van der Waals surface area contributed by atoms with E-state index in [0.29, 0.717) is 15.7 Å². The number of phenolic OH excluding ortho intramolecular Hbond substituents is 2. The molecule has 0 unspecified atom stereocenters. The Labute approximate surface area is 153 Å². The molecule has 2 aromatic carbocycles. The van der Waals surface area contributed by atoms with Crippen molar-refractivity contribution in [3.63, 3.8) is 0 Å². The Balaban J connectivity index is 2.50. The van der Waals surface area contributed by atoms with E-state index in [9.17, 15) is 10.2 Å². The lowest BCUT2D eigenvalue weighted by atomic mass is 9.87. The zero-order valence-electron chi connectivity index (χ0n) is 12.9. The molecule has 0 aliphatic rings. The summed E-state index contributed by atoms with van der Waals surface area (Å²) in [6, 6.07) is 6.76. The second-order valence-corrected chi connectivity index (χ2v) is 7.89. The Morgan fingerprint density at radius 2 is 1.61 bits per heavy atom. The van der Waals surface area contributed by atoms with Gasteiger partial charge in [0.2, 0.25) is 0 Å². The topological polar surface area (TPSA) is 52.8 Å². The monoisotopic (exact) mass is 415 g/mol. The lowest BCUT2D eigenvalue weighted by Crippen LogP contribution is -2.10. The van der Waals surface area contributed by atoms with Crippen LogP contribution in [0.3, 0.4) is 0 Å². The molecule has 0 aliphatic carbocycles. The highest BCUT2D eigenvalue weighted by atomic mass is 79.9. The smallest absolute Gasteiger partial charge is 0.159 e. The van der Waals surface area contributed by atoms with E-state index in [2.05, 4.69) is 20.9 Å². The van der Waals surface area contributed by atoms with Crippen LogP contribution in [0.15, 0.2) is 33.7 Å². The Morgan fingerprint density at radius 3 is 2.22 bits per heavy atom. The van der Waals surface area contributed by atoms with Crippen LogP contribution in [0.4, 0.5) is 5.69 Å². The van der Waals surface area contributed by atoms with Crippen LogP contribution >= 0.6 is 39.1 Å². The highest BCUT2D eigenvalue weighted by Crippen LogP contribution is 2.39. The number of hydrogen-bond donors (Lipinski definition) is 2. The molecular weight excluding hydrogens is 401 g/mol. The number of rotatable bonds is 2. The minimum absolute atomic E-state index is 0.0730. The largest absolute Gasteiger partial charge is 0.506 e. The van der Waals surface area contributed by atoms with Gasteiger partial charge in [-0.1, -0.05) is 59.9 Å². The molecule has 122 valence electrons. The van der Waals surface area contributed by atoms with E-state index in [1.165, 1.54) is 6.21 Å². The number of halogens is 3. The lowest BCUT2D eigenvalue weighted by Gasteiger charge is -2.20. The van der Waals surface area contributed by atoms with Crippen LogP contribution in [0.2, 0.25) is 10.0 Å². The molecule has 23 heavy (non-hydrogen) atoms. The first-order valence-corrected chi connectivity index (χ1v) is 8.39. The molecule has 2 aromatic rings. The second-order valence-electron chi connectivity index (χ2n) is 6.16. The third-order valence-electron chi connectivity index (χ3n) is 3.31. The van der Waals surface area contributed by atoms with Crippen LogP contribution in [-0.2, 0) is 5.41 Å². The fraction of sp³-hybridized carbons (Fsp3) is 0.235. The molecule has 0 bridgehead atoms. The second kappa shape index (κ2) is 6.71. The molecule has 0 aromatic heterocycles. The molecule has 3 nitrogen and oxygen atoms in total. The quantitative estimate of drug-likeness (QED) is 0.571. The minimum Gasteiger partial charge on any atom is -0.506 e. The van der Waals surface area contributed by atoms with Gasteiger partial charge in [-0.2, -0.15) is 0 Å². The van der Waals surface area contributed by atoms with Crippen LogP contribution in [0.5, 0.6) is 11.5 Å². The predicted octanol–water partition coefficient (Wildman–Crippen LogP) is 6.22. The van der Waals surface area contributed by atoms with Crippen LogP contribution < -0.4 is 0 Å². The van der Waals surface area contributed by atoms with Gasteiger partial charge < -0.3 is 10.2 Å². The molecule has 0 aliphatic heterocycles. The van der Waals surface area contributed by atoms with Gasteiger partial charge in [0.15, 0.2) is 5.75 Å². The zero-order valence-corrected chi connectivity index (χ0v) is 16.0. The molecular formula is C17H16BrCl2NO2. The Hall–Kier alpha value is -1.23. The van der Waals surface area contributed by atoms with Crippen molar-refractivity contribution in [1.29, 1.82) is 0 Å². The lowest BCUT2D eigenvalue weighted by molar-refractivity contribution is 0.474. The van der Waals surface area contributed by atoms with Crippen molar-refractivity contribution in [2.45, 2.75) is 26.2 Å². The summed E-state index contributed by atoms with van der Waals surface area (Å²) in [5.74, 6) is -0.173. The molecule has 0 radical (unpaired) electrons. The first-order chi connectivity index (χ1) is 10.6. The summed E-state index contributed by atoms with van der Waals surface area (Å²) in [4.78, 5) is 4.26. The maximum atomic E-state index is 10.1. The Kier molecular flexibility index (Phi) is 5.29. The van der Waals surface area contributed by atoms with Gasteiger partial charge in [-0.15, -0.1) is 0 Å². The average molecular weight is 417 g/mol. The van der Waals surface area contributed by atoms with Crippen molar-refractivity contribution in [3.8, 4) is 11.5 Å². The SMILES string of the molecule is CC(C)(C)c1cc(Cl)c(O)c(N=Cc2cc(Br)cc(Cl)c2O)c1. The first kappa shape index (κ1) is 18.1. The molecule has 0 heterocycles. The van der Waals surface area contributed by atoms with Crippen molar-refractivity contribution >= 4 is 51.0 Å². The minimum atomic E-state index is -0.136. The van der Waals surface area contributed by atoms with Crippen molar-refractivity contribution < 1.29 is 10.2 Å². The van der Waals surface area contributed by atoms with Gasteiger partial charge in [0, 0.05) is 16.3 Å². The summed E-state index contributed by atoms with van der Waals surface area (Å²) in [5, 5.41) is 20.5. The summed E-state index contributed by atoms with van der Waals surface area (Å²) in [5.41, 5.74) is 1.57. The highest BCUT2D eigenvalue weighted by molar-refractivity contribution is 9.10. The molecule has 0 spiro atoms. The van der Waals surface area contributed by atoms with Gasteiger partial charge in [0.1, 0.15) is 11.4 Å². The zero-order chi connectivity index (χ0) is 17.4. The van der Waals surface area contributed by atoms with E-state index < -0.39 is 0 Å². The van der Waals surface area contributed by atoms with E-state index in [1.807, 2.05) is 20.8 Å². The molecule has 0 fully saturated rings. The van der Waals surface area contributed by atoms with Gasteiger partial charge in [-0.05, 0) is 35.2 Å². The van der Waals surface area contributed by atoms with Gasteiger partial charge in [0.25, 0.3) is 0 Å². The Morgan fingerprint density at radius 1 is 1.00 bits per heavy atom. The summed E-state index contributed by atoms with van der Waals surface area (Å²) < 4.78 is 0.715. The molecule has 0 atom stereocenters. The number of benzene rings is 2. The van der Waals surface area contributed by atoms with Crippen LogP contribution in [-0.4, -0.2) is 16.4 Å². The summed E-state index contributed by atoms with van der Waals surface area (Å²) in [6.45, 7) is 6.13. The van der Waals surface area contributed by atoms with E-state index in [-0.39, 0.29) is 27.0 Å². The van der Waals surface area contributed by atoms with Crippen LogP contribution in [0.1, 0.15) is 31.9 Å². The van der Waals surface area contributed by atoms with Gasteiger partial charge in [0.05, 0.1) is 10.0 Å². The van der Waals surface area contributed by atoms with Crippen LogP contribution in [0.25, 0.3) is 0 Å². The van der Waals surface area contributed by atoms with Crippen LogP contribution in [0, 0.1) is 0 Å². The van der Waals surface area contributed by atoms with E-state index in [4.69, 9.17) is 23.2 Å². The van der Waals surface area contributed by atoms with Crippen molar-refractivity contribution in [2.75, 3.05) is 0 Å². The summed E-state index contributed by atoms with van der Waals surface area (Å²) in [6.07, 6.45) is 1.43. The third kappa shape index (κ3) is 4.19. The van der Waals surface area contributed by atoms with E-state index >= 15 is 0 Å². The predicted molar refractivity (Wildman–Crippen MR) is 99.9 cm³/mol. The van der Waals surface area contributed by atoms with Crippen molar-refractivity contribution in [1.82, 2.24) is 0 Å². The normalized spacial score (nSPS) is 12.1. The fourth-order valence-electron chi connectivity index (χ4n) is 1.94. The molecule has 2 rings (SSSR count). The standard InChI is InChI=1S/C17H16BrCl2NO2/c1-17(2,3)10-5-12(19)16(23)14(6-10)21-8-9-4-11(18)7-13(20)15(9)22/h4-8,22-23H,1-3H3. The molecule has 6 heteroatoms. The molecule has 0 saturated heterocycles.